The maximum absolute atomic E-state index is 6.23. The van der Waals surface area contributed by atoms with Crippen molar-refractivity contribution in [1.29, 1.82) is 0 Å². The van der Waals surface area contributed by atoms with E-state index in [4.69, 9.17) is 10.5 Å². The minimum absolute atomic E-state index is 0.299. The first-order valence-corrected chi connectivity index (χ1v) is 7.26. The molecule has 3 rings (SSSR count). The van der Waals surface area contributed by atoms with Gasteiger partial charge in [0, 0.05) is 24.8 Å². The van der Waals surface area contributed by atoms with Crippen molar-refractivity contribution in [3.8, 4) is 0 Å². The Morgan fingerprint density at radius 3 is 2.65 bits per heavy atom. The van der Waals surface area contributed by atoms with Crippen LogP contribution in [0.3, 0.4) is 0 Å². The van der Waals surface area contributed by atoms with E-state index in [0.29, 0.717) is 12.1 Å². The Hall–Kier alpha value is -1.58. The molecule has 0 aliphatic carbocycles. The van der Waals surface area contributed by atoms with Crippen LogP contribution in [0.5, 0.6) is 0 Å². The topological polar surface area (TPSA) is 38.5 Å². The number of benzene rings is 2. The molecule has 1 aliphatic heterocycles. The number of hydrogen-bond donors (Lipinski definition) is 1. The number of hydrogen-bond acceptors (Lipinski definition) is 3. The van der Waals surface area contributed by atoms with Gasteiger partial charge in [-0.1, -0.05) is 24.3 Å². The second-order valence-corrected chi connectivity index (χ2v) is 5.82. The van der Waals surface area contributed by atoms with Crippen LogP contribution in [0.2, 0.25) is 0 Å². The first-order chi connectivity index (χ1) is 9.63. The lowest BCUT2D eigenvalue weighted by Gasteiger charge is -2.37. The zero-order valence-corrected chi connectivity index (χ0v) is 12.2. The summed E-state index contributed by atoms with van der Waals surface area (Å²) in [6, 6.07) is 13.1. The normalized spacial score (nSPS) is 24.1. The average Bonchev–Trinajstić information content (AvgIpc) is 2.43. The molecule has 0 spiro atoms. The van der Waals surface area contributed by atoms with E-state index in [1.807, 2.05) is 6.07 Å². The molecule has 2 aromatic carbocycles. The molecule has 0 aromatic heterocycles. The molecule has 2 unspecified atom stereocenters. The fourth-order valence-corrected chi connectivity index (χ4v) is 2.85. The summed E-state index contributed by atoms with van der Waals surface area (Å²) in [6.45, 7) is 7.00. The molecule has 1 heterocycles. The van der Waals surface area contributed by atoms with Crippen LogP contribution in [-0.4, -0.2) is 30.2 Å². The SMILES string of the molecule is CC1CN(Cc2cc3ccccc3cc2N)C(C)CO1. The van der Waals surface area contributed by atoms with Gasteiger partial charge < -0.3 is 10.5 Å². The lowest BCUT2D eigenvalue weighted by molar-refractivity contribution is -0.0525. The number of ether oxygens (including phenoxy) is 1. The Kier molecular flexibility index (Phi) is 3.64. The smallest absolute Gasteiger partial charge is 0.0674 e. The summed E-state index contributed by atoms with van der Waals surface area (Å²) in [4.78, 5) is 2.45. The summed E-state index contributed by atoms with van der Waals surface area (Å²) in [6.07, 6.45) is 0.299. The highest BCUT2D eigenvalue weighted by Gasteiger charge is 2.23. The van der Waals surface area contributed by atoms with Gasteiger partial charge in [0.25, 0.3) is 0 Å². The van der Waals surface area contributed by atoms with Crippen molar-refractivity contribution >= 4 is 16.5 Å². The highest BCUT2D eigenvalue weighted by molar-refractivity contribution is 5.86. The predicted octanol–water partition coefficient (Wildman–Crippen LogP) is 3.03. The van der Waals surface area contributed by atoms with E-state index < -0.39 is 0 Å². The van der Waals surface area contributed by atoms with Crippen LogP contribution in [0, 0.1) is 0 Å². The summed E-state index contributed by atoms with van der Waals surface area (Å²) in [5, 5.41) is 2.46. The zero-order chi connectivity index (χ0) is 14.1. The molecule has 3 nitrogen and oxygen atoms in total. The molecule has 2 atom stereocenters. The van der Waals surface area contributed by atoms with Crippen molar-refractivity contribution in [2.45, 2.75) is 32.5 Å². The number of rotatable bonds is 2. The Bertz CT molecular complexity index is 611. The number of nitrogens with zero attached hydrogens (tertiary/aromatic N) is 1. The average molecular weight is 270 g/mol. The van der Waals surface area contributed by atoms with E-state index >= 15 is 0 Å². The van der Waals surface area contributed by atoms with Crippen LogP contribution in [0.1, 0.15) is 19.4 Å². The van der Waals surface area contributed by atoms with Crippen molar-refractivity contribution in [2.24, 2.45) is 0 Å². The number of fused-ring (bicyclic) bond motifs is 1. The van der Waals surface area contributed by atoms with Gasteiger partial charge in [-0.15, -0.1) is 0 Å². The molecule has 3 heteroatoms. The third-order valence-corrected chi connectivity index (χ3v) is 4.12. The number of morpholine rings is 1. The lowest BCUT2D eigenvalue weighted by Crippen LogP contribution is -2.46. The summed E-state index contributed by atoms with van der Waals surface area (Å²) in [5.74, 6) is 0. The van der Waals surface area contributed by atoms with Crippen molar-refractivity contribution < 1.29 is 4.74 Å². The Morgan fingerprint density at radius 1 is 1.20 bits per heavy atom. The molecule has 20 heavy (non-hydrogen) atoms. The second kappa shape index (κ2) is 5.43. The third-order valence-electron chi connectivity index (χ3n) is 4.12. The monoisotopic (exact) mass is 270 g/mol. The van der Waals surface area contributed by atoms with Gasteiger partial charge in [-0.3, -0.25) is 4.90 Å². The first-order valence-electron chi connectivity index (χ1n) is 7.26. The Morgan fingerprint density at radius 2 is 1.90 bits per heavy atom. The molecule has 0 amide bonds. The molecular formula is C17H22N2O. The number of nitrogens with two attached hydrogens (primary N) is 1. The highest BCUT2D eigenvalue weighted by Crippen LogP contribution is 2.24. The largest absolute Gasteiger partial charge is 0.398 e. The van der Waals surface area contributed by atoms with Crippen LogP contribution in [0.15, 0.2) is 36.4 Å². The molecular weight excluding hydrogens is 248 g/mol. The minimum atomic E-state index is 0.299. The lowest BCUT2D eigenvalue weighted by atomic mass is 10.0. The standard InChI is InChI=1S/C17H22N2O/c1-12-11-20-13(2)9-19(12)10-16-7-14-5-3-4-6-15(14)8-17(16)18/h3-8,12-13H,9-11,18H2,1-2H3. The molecule has 1 saturated heterocycles. The fourth-order valence-electron chi connectivity index (χ4n) is 2.85. The summed E-state index contributed by atoms with van der Waals surface area (Å²) < 4.78 is 5.69. The van der Waals surface area contributed by atoms with E-state index in [1.165, 1.54) is 16.3 Å². The zero-order valence-electron chi connectivity index (χ0n) is 12.2. The Labute approximate surface area is 120 Å². The van der Waals surface area contributed by atoms with E-state index in [1.54, 1.807) is 0 Å². The van der Waals surface area contributed by atoms with E-state index in [9.17, 15) is 0 Å². The predicted molar refractivity (Wildman–Crippen MR) is 83.6 cm³/mol. The van der Waals surface area contributed by atoms with Gasteiger partial charge in [0.05, 0.1) is 12.7 Å². The number of nitrogen functional groups attached to an aromatic ring is 1. The van der Waals surface area contributed by atoms with Crippen LogP contribution in [0.4, 0.5) is 5.69 Å². The molecule has 0 radical (unpaired) electrons. The van der Waals surface area contributed by atoms with Gasteiger partial charge in [0.2, 0.25) is 0 Å². The van der Waals surface area contributed by atoms with Crippen LogP contribution in [-0.2, 0) is 11.3 Å². The molecule has 0 saturated carbocycles. The van der Waals surface area contributed by atoms with Gasteiger partial charge in [0.15, 0.2) is 0 Å². The molecule has 1 aliphatic rings. The highest BCUT2D eigenvalue weighted by atomic mass is 16.5. The summed E-state index contributed by atoms with van der Waals surface area (Å²) >= 11 is 0. The fraction of sp³-hybridized carbons (Fsp3) is 0.412. The summed E-state index contributed by atoms with van der Waals surface area (Å²) in [5.41, 5.74) is 8.32. The summed E-state index contributed by atoms with van der Waals surface area (Å²) in [7, 11) is 0. The van der Waals surface area contributed by atoms with E-state index in [-0.39, 0.29) is 0 Å². The van der Waals surface area contributed by atoms with Gasteiger partial charge >= 0.3 is 0 Å². The quantitative estimate of drug-likeness (QED) is 0.852. The molecule has 2 aromatic rings. The van der Waals surface area contributed by atoms with Crippen molar-refractivity contribution in [3.05, 3.63) is 42.0 Å². The molecule has 106 valence electrons. The van der Waals surface area contributed by atoms with Crippen molar-refractivity contribution in [1.82, 2.24) is 4.90 Å². The third kappa shape index (κ3) is 2.65. The maximum Gasteiger partial charge on any atom is 0.0674 e. The van der Waals surface area contributed by atoms with Gasteiger partial charge in [0.1, 0.15) is 0 Å². The molecule has 2 N–H and O–H groups in total. The van der Waals surface area contributed by atoms with Crippen molar-refractivity contribution in [3.63, 3.8) is 0 Å². The minimum Gasteiger partial charge on any atom is -0.398 e. The van der Waals surface area contributed by atoms with E-state index in [2.05, 4.69) is 49.1 Å². The first kappa shape index (κ1) is 13.4. The van der Waals surface area contributed by atoms with Crippen LogP contribution < -0.4 is 5.73 Å². The molecule has 1 fully saturated rings. The van der Waals surface area contributed by atoms with Crippen molar-refractivity contribution in [2.75, 3.05) is 18.9 Å². The molecule has 0 bridgehead atoms. The maximum atomic E-state index is 6.23. The number of anilines is 1. The second-order valence-electron chi connectivity index (χ2n) is 5.82. The Balaban J connectivity index is 1.88. The van der Waals surface area contributed by atoms with Gasteiger partial charge in [-0.25, -0.2) is 0 Å². The van der Waals surface area contributed by atoms with Gasteiger partial charge in [-0.05, 0) is 42.3 Å². The van der Waals surface area contributed by atoms with Crippen LogP contribution in [0.25, 0.3) is 10.8 Å². The van der Waals surface area contributed by atoms with Crippen LogP contribution >= 0.6 is 0 Å². The van der Waals surface area contributed by atoms with Gasteiger partial charge in [-0.2, -0.15) is 0 Å². The van der Waals surface area contributed by atoms with E-state index in [0.717, 1.165) is 25.4 Å².